The number of hydrogen-bond acceptors (Lipinski definition) is 5. The van der Waals surface area contributed by atoms with E-state index in [-0.39, 0.29) is 5.75 Å². The van der Waals surface area contributed by atoms with Gasteiger partial charge in [-0.3, -0.25) is 4.79 Å². The Morgan fingerprint density at radius 3 is 2.67 bits per heavy atom. The van der Waals surface area contributed by atoms with E-state index in [0.29, 0.717) is 11.1 Å². The molecule has 0 saturated carbocycles. The van der Waals surface area contributed by atoms with Crippen molar-refractivity contribution in [3.8, 4) is 11.8 Å². The molecule has 0 aliphatic heterocycles. The summed E-state index contributed by atoms with van der Waals surface area (Å²) < 4.78 is 4.96. The third-order valence-electron chi connectivity index (χ3n) is 2.44. The van der Waals surface area contributed by atoms with Crippen LogP contribution in [0.2, 0.25) is 0 Å². The van der Waals surface area contributed by atoms with E-state index in [1.54, 1.807) is 0 Å². The molecule has 6 nitrogen and oxygen atoms in total. The van der Waals surface area contributed by atoms with Crippen LogP contribution in [0.1, 0.15) is 23.7 Å². The highest BCUT2D eigenvalue weighted by atomic mass is 16.5. The second-order valence-corrected chi connectivity index (χ2v) is 3.68. The van der Waals surface area contributed by atoms with E-state index in [9.17, 15) is 15.0 Å². The molecule has 18 heavy (non-hydrogen) atoms. The van der Waals surface area contributed by atoms with Gasteiger partial charge in [-0.05, 0) is 17.7 Å². The van der Waals surface area contributed by atoms with Crippen LogP contribution in [-0.4, -0.2) is 34.5 Å². The number of aliphatic hydroxyl groups excluding tert-OH is 2. The first-order chi connectivity index (χ1) is 8.49. The number of benzene rings is 1. The van der Waals surface area contributed by atoms with Gasteiger partial charge in [0, 0.05) is 0 Å². The quantitative estimate of drug-likeness (QED) is 0.700. The summed E-state index contributed by atoms with van der Waals surface area (Å²) in [5, 5.41) is 36.6. The van der Waals surface area contributed by atoms with E-state index < -0.39 is 24.6 Å². The van der Waals surface area contributed by atoms with Crippen LogP contribution < -0.4 is 4.74 Å². The van der Waals surface area contributed by atoms with E-state index >= 15 is 0 Å². The summed E-state index contributed by atoms with van der Waals surface area (Å²) in [4.78, 5) is 10.4. The highest BCUT2D eigenvalue weighted by Gasteiger charge is 2.22. The molecule has 0 heterocycles. The first-order valence-electron chi connectivity index (χ1n) is 5.15. The van der Waals surface area contributed by atoms with Crippen molar-refractivity contribution in [1.29, 1.82) is 5.26 Å². The maximum Gasteiger partial charge on any atom is 0.306 e. The van der Waals surface area contributed by atoms with Crippen LogP contribution in [0.25, 0.3) is 0 Å². The fourth-order valence-electron chi connectivity index (χ4n) is 1.50. The predicted octanol–water partition coefficient (Wildman–Crippen LogP) is 0.436. The summed E-state index contributed by atoms with van der Waals surface area (Å²) in [6.07, 6.45) is -3.33. The van der Waals surface area contributed by atoms with Crippen molar-refractivity contribution in [2.75, 3.05) is 7.11 Å². The third-order valence-corrected chi connectivity index (χ3v) is 2.44. The number of aliphatic carboxylic acids is 1. The fraction of sp³-hybridized carbons (Fsp3) is 0.333. The second-order valence-electron chi connectivity index (χ2n) is 3.68. The fourth-order valence-corrected chi connectivity index (χ4v) is 1.50. The predicted molar refractivity (Wildman–Crippen MR) is 60.9 cm³/mol. The minimum Gasteiger partial charge on any atom is -0.495 e. The summed E-state index contributed by atoms with van der Waals surface area (Å²) in [5.74, 6) is -0.946. The standard InChI is InChI=1S/C12H13NO5/c1-18-10-4-7(2-3-8(10)6-13)12(17)9(14)5-11(15)16/h2-4,9,12,14,17H,5H2,1H3,(H,15,16). The minimum absolute atomic E-state index is 0.261. The maximum absolute atomic E-state index is 10.4. The Morgan fingerprint density at radius 1 is 1.50 bits per heavy atom. The van der Waals surface area contributed by atoms with Crippen molar-refractivity contribution in [2.45, 2.75) is 18.6 Å². The highest BCUT2D eigenvalue weighted by Crippen LogP contribution is 2.25. The zero-order valence-electron chi connectivity index (χ0n) is 9.70. The number of hydrogen-bond donors (Lipinski definition) is 3. The molecule has 0 aliphatic carbocycles. The maximum atomic E-state index is 10.4. The van der Waals surface area contributed by atoms with Gasteiger partial charge in [0.25, 0.3) is 0 Å². The van der Waals surface area contributed by atoms with Crippen LogP contribution in [0.15, 0.2) is 18.2 Å². The van der Waals surface area contributed by atoms with Crippen LogP contribution >= 0.6 is 0 Å². The number of carboxylic acid groups (broad SMARTS) is 1. The van der Waals surface area contributed by atoms with Crippen LogP contribution in [0.4, 0.5) is 0 Å². The largest absolute Gasteiger partial charge is 0.495 e. The van der Waals surface area contributed by atoms with Gasteiger partial charge in [-0.15, -0.1) is 0 Å². The molecular weight excluding hydrogens is 238 g/mol. The average molecular weight is 251 g/mol. The molecule has 1 rings (SSSR count). The minimum atomic E-state index is -1.42. The molecule has 0 aliphatic rings. The van der Waals surface area contributed by atoms with Crippen LogP contribution in [0.5, 0.6) is 5.75 Å². The molecule has 0 saturated heterocycles. The van der Waals surface area contributed by atoms with Crippen molar-refractivity contribution in [1.82, 2.24) is 0 Å². The van der Waals surface area contributed by atoms with E-state index in [1.807, 2.05) is 6.07 Å². The van der Waals surface area contributed by atoms with Gasteiger partial charge < -0.3 is 20.1 Å². The van der Waals surface area contributed by atoms with Gasteiger partial charge >= 0.3 is 5.97 Å². The number of carboxylic acids is 1. The Bertz CT molecular complexity index is 480. The molecule has 0 aromatic heterocycles. The summed E-state index contributed by atoms with van der Waals surface area (Å²) in [6, 6.07) is 6.18. The summed E-state index contributed by atoms with van der Waals surface area (Å²) in [7, 11) is 1.38. The van der Waals surface area contributed by atoms with E-state index in [1.165, 1.54) is 25.3 Å². The SMILES string of the molecule is COc1cc(C(O)C(O)CC(=O)O)ccc1C#N. The lowest BCUT2D eigenvalue weighted by Crippen LogP contribution is -2.21. The van der Waals surface area contributed by atoms with E-state index in [2.05, 4.69) is 0 Å². The van der Waals surface area contributed by atoms with Gasteiger partial charge in [0.2, 0.25) is 0 Å². The first-order valence-corrected chi connectivity index (χ1v) is 5.15. The van der Waals surface area contributed by atoms with Crippen molar-refractivity contribution < 1.29 is 24.9 Å². The third kappa shape index (κ3) is 3.20. The lowest BCUT2D eigenvalue weighted by molar-refractivity contribution is -0.141. The van der Waals surface area contributed by atoms with Gasteiger partial charge in [-0.25, -0.2) is 0 Å². The van der Waals surface area contributed by atoms with E-state index in [4.69, 9.17) is 15.1 Å². The number of nitrogens with zero attached hydrogens (tertiary/aromatic N) is 1. The van der Waals surface area contributed by atoms with Gasteiger partial charge in [0.15, 0.2) is 0 Å². The number of carbonyl (C=O) groups is 1. The molecule has 0 spiro atoms. The van der Waals surface area contributed by atoms with Crippen LogP contribution in [0.3, 0.4) is 0 Å². The zero-order chi connectivity index (χ0) is 13.7. The number of methoxy groups -OCH3 is 1. The molecule has 96 valence electrons. The molecule has 0 bridgehead atoms. The lowest BCUT2D eigenvalue weighted by atomic mass is 10.0. The smallest absolute Gasteiger partial charge is 0.306 e. The zero-order valence-corrected chi connectivity index (χ0v) is 9.70. The first kappa shape index (κ1) is 14.0. The molecule has 2 unspecified atom stereocenters. The van der Waals surface area contributed by atoms with Crippen molar-refractivity contribution in [2.24, 2.45) is 0 Å². The molecule has 1 aromatic rings. The summed E-state index contributed by atoms with van der Waals surface area (Å²) >= 11 is 0. The highest BCUT2D eigenvalue weighted by molar-refractivity contribution is 5.67. The molecule has 0 radical (unpaired) electrons. The molecule has 2 atom stereocenters. The molecule has 1 aromatic carbocycles. The molecule has 0 amide bonds. The average Bonchev–Trinajstić information content (AvgIpc) is 2.36. The van der Waals surface area contributed by atoms with Crippen molar-refractivity contribution >= 4 is 5.97 Å². The van der Waals surface area contributed by atoms with Crippen molar-refractivity contribution in [3.63, 3.8) is 0 Å². The Labute approximate surface area is 104 Å². The molecule has 6 heteroatoms. The number of aliphatic hydroxyl groups is 2. The number of ether oxygens (including phenoxy) is 1. The Balaban J connectivity index is 2.96. The van der Waals surface area contributed by atoms with Crippen LogP contribution in [0, 0.1) is 11.3 Å². The van der Waals surface area contributed by atoms with Gasteiger partial charge in [0.05, 0.1) is 25.2 Å². The molecular formula is C12H13NO5. The van der Waals surface area contributed by atoms with Gasteiger partial charge in [-0.1, -0.05) is 6.07 Å². The van der Waals surface area contributed by atoms with Gasteiger partial charge in [-0.2, -0.15) is 5.26 Å². The van der Waals surface area contributed by atoms with Gasteiger partial charge in [0.1, 0.15) is 17.9 Å². The topological polar surface area (TPSA) is 111 Å². The molecule has 0 fully saturated rings. The van der Waals surface area contributed by atoms with Crippen molar-refractivity contribution in [3.05, 3.63) is 29.3 Å². The Hall–Kier alpha value is -2.10. The van der Waals surface area contributed by atoms with Crippen LogP contribution in [-0.2, 0) is 4.79 Å². The summed E-state index contributed by atoms with van der Waals surface area (Å²) in [6.45, 7) is 0. The monoisotopic (exact) mass is 251 g/mol. The normalized spacial score (nSPS) is 13.4. The number of nitriles is 1. The number of rotatable bonds is 5. The second kappa shape index (κ2) is 6.00. The Kier molecular flexibility index (Phi) is 4.66. The molecule has 3 N–H and O–H groups in total. The van der Waals surface area contributed by atoms with E-state index in [0.717, 1.165) is 0 Å². The summed E-state index contributed by atoms with van der Waals surface area (Å²) in [5.41, 5.74) is 0.584. The Morgan fingerprint density at radius 2 is 2.17 bits per heavy atom. The lowest BCUT2D eigenvalue weighted by Gasteiger charge is -2.17.